The number of ether oxygens (including phenoxy) is 1. The second-order valence-electron chi connectivity index (χ2n) is 12.6. The molecule has 56 heavy (non-hydrogen) atoms. The first kappa shape index (κ1) is 41.0. The molecule has 2 aromatic heterocycles. The molecule has 0 aliphatic carbocycles. The van der Waals surface area contributed by atoms with Crippen LogP contribution in [-0.2, 0) is 28.4 Å². The lowest BCUT2D eigenvalue weighted by Gasteiger charge is -2.16. The van der Waals surface area contributed by atoms with Gasteiger partial charge in [0.2, 0.25) is 0 Å². The van der Waals surface area contributed by atoms with Crippen molar-refractivity contribution in [2.75, 3.05) is 10.6 Å². The minimum absolute atomic E-state index is 0.262. The summed E-state index contributed by atoms with van der Waals surface area (Å²) in [7, 11) is 0. The van der Waals surface area contributed by atoms with Gasteiger partial charge >= 0.3 is 18.2 Å². The Bertz CT molecular complexity index is 2240. The molecule has 2 amide bonds. The number of carbonyl (C=O) groups excluding carboxylic acids is 1. The standard InChI is InChI=1S/C29H28ClN3O5.C12H11ClN2O3/c1-18-26(32-29(36)37-19(2)21-8-4-3-5-9-21)27(38-33-18)22-14-12-20(13-15-22)17-31-25(28(34)35)16-23-10-6-7-11-24(23)30;1-7-10(14-12(16)17)11(18-15-7)9-4-2-8(6-13)3-5-9/h3-15,19,25,31H,16-17H2,1-2H3,(H,32,36)(H,34,35);2-5,14H,6H2,1H3,(H,16,17)/t19-,25-;/m1./s1. The molecule has 0 aliphatic rings. The second-order valence-corrected chi connectivity index (χ2v) is 13.2. The largest absolute Gasteiger partial charge is 0.480 e. The summed E-state index contributed by atoms with van der Waals surface area (Å²) in [5.41, 5.74) is 6.74. The summed E-state index contributed by atoms with van der Waals surface area (Å²) < 4.78 is 16.2. The first-order valence-electron chi connectivity index (χ1n) is 17.3. The number of hydrogen-bond donors (Lipinski definition) is 5. The summed E-state index contributed by atoms with van der Waals surface area (Å²) >= 11 is 11.9. The number of nitrogens with one attached hydrogen (secondary N) is 3. The second kappa shape index (κ2) is 19.4. The van der Waals surface area contributed by atoms with Crippen LogP contribution in [0.15, 0.2) is 112 Å². The molecule has 2 heterocycles. The molecule has 13 nitrogen and oxygen atoms in total. The average molecular weight is 801 g/mol. The minimum Gasteiger partial charge on any atom is -0.480 e. The van der Waals surface area contributed by atoms with Crippen LogP contribution in [-0.4, -0.2) is 44.7 Å². The molecule has 6 rings (SSSR count). The summed E-state index contributed by atoms with van der Waals surface area (Å²) in [4.78, 5) is 35.1. The lowest BCUT2D eigenvalue weighted by molar-refractivity contribution is -0.139. The zero-order chi connectivity index (χ0) is 40.2. The number of rotatable bonds is 13. The summed E-state index contributed by atoms with van der Waals surface area (Å²) in [6.07, 6.45) is -1.94. The van der Waals surface area contributed by atoms with Crippen LogP contribution < -0.4 is 16.0 Å². The average Bonchev–Trinajstić information content (AvgIpc) is 3.74. The van der Waals surface area contributed by atoms with Gasteiger partial charge in [0.15, 0.2) is 11.5 Å². The fraction of sp³-hybridized carbons (Fsp3) is 0.195. The van der Waals surface area contributed by atoms with Gasteiger partial charge in [0, 0.05) is 28.6 Å². The lowest BCUT2D eigenvalue weighted by atomic mass is 10.0. The normalized spacial score (nSPS) is 11.8. The van der Waals surface area contributed by atoms with E-state index in [1.165, 1.54) is 0 Å². The van der Waals surface area contributed by atoms with Crippen molar-refractivity contribution in [3.8, 4) is 22.6 Å². The number of carbonyl (C=O) groups is 3. The molecule has 0 spiro atoms. The van der Waals surface area contributed by atoms with Crippen LogP contribution in [0.4, 0.5) is 21.0 Å². The van der Waals surface area contributed by atoms with Crippen LogP contribution in [0.5, 0.6) is 0 Å². The monoisotopic (exact) mass is 799 g/mol. The highest BCUT2D eigenvalue weighted by molar-refractivity contribution is 6.31. The van der Waals surface area contributed by atoms with Gasteiger partial charge in [-0.3, -0.25) is 15.4 Å². The fourth-order valence-electron chi connectivity index (χ4n) is 5.51. The number of carboxylic acids is 1. The summed E-state index contributed by atoms with van der Waals surface area (Å²) in [6.45, 7) is 5.54. The maximum absolute atomic E-state index is 12.6. The Morgan fingerprint density at radius 2 is 1.29 bits per heavy atom. The maximum atomic E-state index is 12.6. The third-order valence-electron chi connectivity index (χ3n) is 8.56. The number of nitrogens with zero attached hydrogens (tertiary/aromatic N) is 2. The van der Waals surface area contributed by atoms with Crippen molar-refractivity contribution in [3.05, 3.63) is 142 Å². The molecule has 6 aromatic rings. The first-order valence-corrected chi connectivity index (χ1v) is 18.2. The zero-order valence-corrected chi connectivity index (χ0v) is 32.1. The van der Waals surface area contributed by atoms with E-state index in [4.69, 9.17) is 42.1 Å². The van der Waals surface area contributed by atoms with Gasteiger partial charge in [-0.1, -0.05) is 119 Å². The molecule has 0 fully saturated rings. The molecule has 0 bridgehead atoms. The molecule has 5 N–H and O–H groups in total. The first-order chi connectivity index (χ1) is 26.9. The number of halogens is 2. The Labute approximate surface area is 332 Å². The molecular weight excluding hydrogens is 761 g/mol. The number of hydrogen-bond acceptors (Lipinski definition) is 9. The molecule has 4 aromatic carbocycles. The van der Waals surface area contributed by atoms with Crippen molar-refractivity contribution in [2.45, 2.75) is 51.8 Å². The van der Waals surface area contributed by atoms with Gasteiger partial charge < -0.3 is 29.3 Å². The van der Waals surface area contributed by atoms with Gasteiger partial charge in [0.25, 0.3) is 0 Å². The molecule has 2 atom stereocenters. The van der Waals surface area contributed by atoms with E-state index in [1.54, 1.807) is 26.8 Å². The zero-order valence-electron chi connectivity index (χ0n) is 30.6. The number of benzene rings is 4. The van der Waals surface area contributed by atoms with E-state index in [2.05, 4.69) is 26.3 Å². The van der Waals surface area contributed by atoms with Gasteiger partial charge in [-0.05, 0) is 55.5 Å². The van der Waals surface area contributed by atoms with Crippen LogP contribution in [0.25, 0.3) is 22.6 Å². The van der Waals surface area contributed by atoms with Gasteiger partial charge in [0.05, 0.1) is 0 Å². The molecular formula is C41H39Cl2N5O8. The number of aliphatic carboxylic acids is 1. The third kappa shape index (κ3) is 11.0. The topological polar surface area (TPSA) is 189 Å². The Morgan fingerprint density at radius 1 is 0.750 bits per heavy atom. The highest BCUT2D eigenvalue weighted by atomic mass is 35.5. The lowest BCUT2D eigenvalue weighted by Crippen LogP contribution is -2.38. The third-order valence-corrected chi connectivity index (χ3v) is 9.23. The highest BCUT2D eigenvalue weighted by Crippen LogP contribution is 2.33. The SMILES string of the molecule is Cc1noc(-c2ccc(CCl)cc2)c1NC(=O)O.Cc1noc(-c2ccc(CN[C@H](Cc3ccccc3Cl)C(=O)O)cc2)c1NC(=O)O[C@H](C)c1ccccc1. The number of carboxylic acid groups (broad SMARTS) is 2. The number of aromatic nitrogens is 2. The van der Waals surface area contributed by atoms with Crippen molar-refractivity contribution < 1.29 is 38.4 Å². The van der Waals surface area contributed by atoms with E-state index < -0.39 is 30.3 Å². The molecule has 0 saturated heterocycles. The van der Waals surface area contributed by atoms with Crippen LogP contribution in [0.3, 0.4) is 0 Å². The highest BCUT2D eigenvalue weighted by Gasteiger charge is 2.22. The Morgan fingerprint density at radius 3 is 1.82 bits per heavy atom. The van der Waals surface area contributed by atoms with Gasteiger partial charge in [0.1, 0.15) is 34.9 Å². The summed E-state index contributed by atoms with van der Waals surface area (Å²) in [6, 6.07) is 30.5. The molecule has 0 radical (unpaired) electrons. The molecule has 0 unspecified atom stereocenters. The van der Waals surface area contributed by atoms with Crippen LogP contribution in [0.1, 0.15) is 46.7 Å². The van der Waals surface area contributed by atoms with E-state index >= 15 is 0 Å². The number of amides is 2. The molecule has 0 saturated carbocycles. The molecule has 15 heteroatoms. The van der Waals surface area contributed by atoms with Gasteiger partial charge in [-0.25, -0.2) is 9.59 Å². The minimum atomic E-state index is -1.15. The van der Waals surface area contributed by atoms with E-state index in [-0.39, 0.29) is 6.42 Å². The predicted octanol–water partition coefficient (Wildman–Crippen LogP) is 9.88. The van der Waals surface area contributed by atoms with E-state index in [1.807, 2.05) is 97.1 Å². The fourth-order valence-corrected chi connectivity index (χ4v) is 5.90. The van der Waals surface area contributed by atoms with Gasteiger partial charge in [-0.15, -0.1) is 11.6 Å². The van der Waals surface area contributed by atoms with E-state index in [9.17, 15) is 19.5 Å². The smallest absolute Gasteiger partial charge is 0.412 e. The van der Waals surface area contributed by atoms with E-state index in [0.29, 0.717) is 57.3 Å². The van der Waals surface area contributed by atoms with Crippen molar-refractivity contribution >= 4 is 52.7 Å². The van der Waals surface area contributed by atoms with Crippen LogP contribution >= 0.6 is 23.2 Å². The van der Waals surface area contributed by atoms with Crippen LogP contribution in [0, 0.1) is 13.8 Å². The molecule has 290 valence electrons. The Kier molecular flexibility index (Phi) is 14.2. The molecule has 0 aliphatic heterocycles. The predicted molar refractivity (Wildman–Crippen MR) is 213 cm³/mol. The quantitative estimate of drug-likeness (QED) is 0.0699. The number of aryl methyl sites for hydroxylation is 2. The summed E-state index contributed by atoms with van der Waals surface area (Å²) in [5, 5.41) is 34.8. The van der Waals surface area contributed by atoms with Crippen molar-refractivity contribution in [1.82, 2.24) is 15.6 Å². The van der Waals surface area contributed by atoms with Crippen molar-refractivity contribution in [2.24, 2.45) is 0 Å². The van der Waals surface area contributed by atoms with Crippen LogP contribution in [0.2, 0.25) is 5.02 Å². The Balaban J connectivity index is 0.000000278. The number of anilines is 2. The van der Waals surface area contributed by atoms with Gasteiger partial charge in [-0.2, -0.15) is 0 Å². The van der Waals surface area contributed by atoms with E-state index in [0.717, 1.165) is 27.8 Å². The van der Waals surface area contributed by atoms with Crippen molar-refractivity contribution in [1.29, 1.82) is 0 Å². The van der Waals surface area contributed by atoms with Crippen molar-refractivity contribution in [3.63, 3.8) is 0 Å². The Hall–Kier alpha value is -6.15. The number of alkyl halides is 1. The maximum Gasteiger partial charge on any atom is 0.412 e. The summed E-state index contributed by atoms with van der Waals surface area (Å²) in [5.74, 6) is 0.267.